The summed E-state index contributed by atoms with van der Waals surface area (Å²) >= 11 is 24.5. The molecule has 0 radical (unpaired) electrons. The number of halogens is 4. The Hall–Kier alpha value is -2.55. The molecule has 3 rings (SSSR count). The topological polar surface area (TPSA) is 106 Å². The second-order valence-electron chi connectivity index (χ2n) is 8.34. The van der Waals surface area contributed by atoms with E-state index in [4.69, 9.17) is 55.9 Å². The molecule has 2 aromatic carbocycles. The number of hydrogen-bond donors (Lipinski definition) is 2. The number of benzene rings is 2. The number of aliphatic hydroxyl groups is 1. The third-order valence-electron chi connectivity index (χ3n) is 5.87. The van der Waals surface area contributed by atoms with E-state index in [0.717, 1.165) is 0 Å². The SMILES string of the molecule is COc1ccnc(C(=O)C[C@@H](C)C(=O)O[C@@H](C)C(O)(c2ccc(Cl)c(Cl)c2)c2ccc(Cl)c(Cl)c2)c1O. The van der Waals surface area contributed by atoms with Gasteiger partial charge >= 0.3 is 5.97 Å². The Morgan fingerprint density at radius 1 is 0.946 bits per heavy atom. The molecular formula is C26H23Cl4NO6. The summed E-state index contributed by atoms with van der Waals surface area (Å²) in [4.78, 5) is 29.6. The average Bonchev–Trinajstić information content (AvgIpc) is 2.86. The molecule has 0 aliphatic rings. The van der Waals surface area contributed by atoms with E-state index in [1.54, 1.807) is 12.1 Å². The summed E-state index contributed by atoms with van der Waals surface area (Å²) in [6, 6.07) is 10.4. The number of aromatic hydroxyl groups is 1. The van der Waals surface area contributed by atoms with Crippen LogP contribution in [0.1, 0.15) is 41.9 Å². The molecule has 11 heteroatoms. The van der Waals surface area contributed by atoms with E-state index in [1.165, 1.54) is 57.5 Å². The number of methoxy groups -OCH3 is 1. The first-order valence-corrected chi connectivity index (χ1v) is 12.5. The molecule has 0 bridgehead atoms. The summed E-state index contributed by atoms with van der Waals surface area (Å²) in [5.74, 6) is -2.62. The Morgan fingerprint density at radius 3 is 1.97 bits per heavy atom. The fourth-order valence-corrected chi connectivity index (χ4v) is 4.34. The zero-order valence-electron chi connectivity index (χ0n) is 20.0. The number of rotatable bonds is 9. The van der Waals surface area contributed by atoms with Gasteiger partial charge in [-0.1, -0.05) is 65.5 Å². The summed E-state index contributed by atoms with van der Waals surface area (Å²) < 4.78 is 10.6. The van der Waals surface area contributed by atoms with E-state index < -0.39 is 35.1 Å². The van der Waals surface area contributed by atoms with Gasteiger partial charge in [-0.25, -0.2) is 4.98 Å². The minimum Gasteiger partial charge on any atom is -0.503 e. The lowest BCUT2D eigenvalue weighted by molar-refractivity contribution is -0.164. The number of ketones is 1. The van der Waals surface area contributed by atoms with Crippen LogP contribution < -0.4 is 4.74 Å². The van der Waals surface area contributed by atoms with Crippen LogP contribution in [0.2, 0.25) is 20.1 Å². The van der Waals surface area contributed by atoms with Crippen LogP contribution >= 0.6 is 46.4 Å². The fourth-order valence-electron chi connectivity index (χ4n) is 3.74. The smallest absolute Gasteiger partial charge is 0.309 e. The van der Waals surface area contributed by atoms with Crippen molar-refractivity contribution in [1.82, 2.24) is 4.98 Å². The van der Waals surface area contributed by atoms with Crippen LogP contribution in [0.25, 0.3) is 0 Å². The zero-order chi connectivity index (χ0) is 27.5. The molecule has 1 heterocycles. The van der Waals surface area contributed by atoms with Gasteiger partial charge in [0.05, 0.1) is 33.1 Å². The first kappa shape index (κ1) is 29.0. The first-order chi connectivity index (χ1) is 17.4. The van der Waals surface area contributed by atoms with Gasteiger partial charge in [-0.3, -0.25) is 9.59 Å². The molecule has 0 amide bonds. The number of carbonyl (C=O) groups excluding carboxylic acids is 2. The Balaban J connectivity index is 1.88. The number of aromatic nitrogens is 1. The highest BCUT2D eigenvalue weighted by molar-refractivity contribution is 6.42. The van der Waals surface area contributed by atoms with Crippen LogP contribution in [-0.2, 0) is 15.1 Å². The second kappa shape index (κ2) is 11.9. The maximum absolute atomic E-state index is 13.0. The van der Waals surface area contributed by atoms with Gasteiger partial charge in [0.25, 0.3) is 0 Å². The van der Waals surface area contributed by atoms with Crippen molar-refractivity contribution in [3.8, 4) is 11.5 Å². The van der Waals surface area contributed by atoms with E-state index in [2.05, 4.69) is 4.98 Å². The molecule has 0 saturated heterocycles. The highest BCUT2D eigenvalue weighted by Crippen LogP contribution is 2.40. The lowest BCUT2D eigenvalue weighted by atomic mass is 9.82. The molecule has 196 valence electrons. The van der Waals surface area contributed by atoms with Crippen molar-refractivity contribution < 1.29 is 29.3 Å². The molecule has 2 N–H and O–H groups in total. The predicted molar refractivity (Wildman–Crippen MR) is 142 cm³/mol. The van der Waals surface area contributed by atoms with E-state index in [-0.39, 0.29) is 49.1 Å². The molecule has 3 aromatic rings. The average molecular weight is 587 g/mol. The maximum Gasteiger partial charge on any atom is 0.309 e. The number of hydrogen-bond acceptors (Lipinski definition) is 7. The molecule has 0 aliphatic heterocycles. The Labute approximate surface area is 233 Å². The molecule has 0 spiro atoms. The van der Waals surface area contributed by atoms with Crippen LogP contribution in [0.4, 0.5) is 0 Å². The normalized spacial score (nSPS) is 13.1. The van der Waals surface area contributed by atoms with Gasteiger partial charge in [0.15, 0.2) is 28.6 Å². The summed E-state index contributed by atoms with van der Waals surface area (Å²) in [6.45, 7) is 2.98. The largest absolute Gasteiger partial charge is 0.503 e. The van der Waals surface area contributed by atoms with Crippen molar-refractivity contribution in [2.45, 2.75) is 32.0 Å². The number of carbonyl (C=O) groups is 2. The van der Waals surface area contributed by atoms with E-state index in [0.29, 0.717) is 0 Å². The quantitative estimate of drug-likeness (QED) is 0.218. The third kappa shape index (κ3) is 6.13. The van der Waals surface area contributed by atoms with Gasteiger partial charge in [-0.2, -0.15) is 0 Å². The van der Waals surface area contributed by atoms with Gasteiger partial charge in [-0.15, -0.1) is 0 Å². The molecule has 7 nitrogen and oxygen atoms in total. The molecule has 0 saturated carbocycles. The molecule has 2 atom stereocenters. The predicted octanol–water partition coefficient (Wildman–Crippen LogP) is 6.49. The van der Waals surface area contributed by atoms with Crippen molar-refractivity contribution in [1.29, 1.82) is 0 Å². The lowest BCUT2D eigenvalue weighted by Gasteiger charge is -2.35. The van der Waals surface area contributed by atoms with Crippen molar-refractivity contribution >= 4 is 58.2 Å². The fraction of sp³-hybridized carbons (Fsp3) is 0.269. The summed E-state index contributed by atoms with van der Waals surface area (Å²) in [5, 5.41) is 23.0. The van der Waals surface area contributed by atoms with Gasteiger partial charge in [0, 0.05) is 18.7 Å². The van der Waals surface area contributed by atoms with Gasteiger partial charge < -0.3 is 19.7 Å². The zero-order valence-corrected chi connectivity index (χ0v) is 23.0. The maximum atomic E-state index is 13.0. The summed E-state index contributed by atoms with van der Waals surface area (Å²) in [7, 11) is 1.34. The van der Waals surface area contributed by atoms with Crippen molar-refractivity contribution in [2.24, 2.45) is 5.92 Å². The minimum atomic E-state index is -1.91. The molecular weight excluding hydrogens is 564 g/mol. The van der Waals surface area contributed by atoms with E-state index in [1.807, 2.05) is 0 Å². The number of ether oxygens (including phenoxy) is 2. The lowest BCUT2D eigenvalue weighted by Crippen LogP contribution is -2.42. The standard InChI is InChI=1S/C26H23Cl4NO6/c1-13(10-21(32)23-24(33)22(36-3)8-9-31-23)25(34)37-14(2)26(35,15-4-6-17(27)19(29)11-15)16-5-7-18(28)20(30)12-16/h4-9,11-14,33,35H,10H2,1-3H3/t13-,14+/m1/s1. The number of nitrogens with zero attached hydrogens (tertiary/aromatic N) is 1. The highest BCUT2D eigenvalue weighted by Gasteiger charge is 2.42. The summed E-state index contributed by atoms with van der Waals surface area (Å²) in [6.07, 6.45) is -0.168. The molecule has 0 aliphatic carbocycles. The number of Topliss-reactive ketones (excluding diaryl/α,β-unsaturated/α-hetero) is 1. The van der Waals surface area contributed by atoms with Crippen LogP contribution in [0, 0.1) is 5.92 Å². The van der Waals surface area contributed by atoms with Gasteiger partial charge in [-0.05, 0) is 42.3 Å². The Bertz CT molecular complexity index is 1280. The first-order valence-electron chi connectivity index (χ1n) is 11.0. The second-order valence-corrected chi connectivity index (χ2v) is 9.97. The van der Waals surface area contributed by atoms with Crippen LogP contribution in [0.5, 0.6) is 11.5 Å². The molecule has 37 heavy (non-hydrogen) atoms. The molecule has 1 aromatic heterocycles. The van der Waals surface area contributed by atoms with Crippen LogP contribution in [0.3, 0.4) is 0 Å². The molecule has 0 fully saturated rings. The number of esters is 1. The third-order valence-corrected chi connectivity index (χ3v) is 7.34. The highest BCUT2D eigenvalue weighted by atomic mass is 35.5. The molecule has 0 unspecified atom stereocenters. The van der Waals surface area contributed by atoms with E-state index >= 15 is 0 Å². The van der Waals surface area contributed by atoms with Crippen molar-refractivity contribution in [3.63, 3.8) is 0 Å². The summed E-state index contributed by atoms with van der Waals surface area (Å²) in [5.41, 5.74) is -1.56. The van der Waals surface area contributed by atoms with Crippen LogP contribution in [0.15, 0.2) is 48.7 Å². The number of pyridine rings is 1. The van der Waals surface area contributed by atoms with Gasteiger partial charge in [0.2, 0.25) is 0 Å². The van der Waals surface area contributed by atoms with Crippen molar-refractivity contribution in [2.75, 3.05) is 7.11 Å². The Morgan fingerprint density at radius 2 is 1.49 bits per heavy atom. The van der Waals surface area contributed by atoms with Crippen molar-refractivity contribution in [3.05, 3.63) is 85.6 Å². The van der Waals surface area contributed by atoms with Gasteiger partial charge in [0.1, 0.15) is 6.10 Å². The Kier molecular flexibility index (Phi) is 9.32. The monoisotopic (exact) mass is 585 g/mol. The van der Waals surface area contributed by atoms with Crippen LogP contribution in [-0.4, -0.2) is 40.2 Å². The minimum absolute atomic E-state index is 0.0792. The van der Waals surface area contributed by atoms with E-state index in [9.17, 15) is 19.8 Å².